The number of nitrogens with one attached hydrogen (secondary N) is 1. The minimum atomic E-state index is 0.680. The average Bonchev–Trinajstić information content (AvgIpc) is 3.23. The van der Waals surface area contributed by atoms with Crippen LogP contribution < -0.4 is 11.3 Å². The predicted molar refractivity (Wildman–Crippen MR) is 71.7 cm³/mol. The fourth-order valence-electron chi connectivity index (χ4n) is 2.00. The Morgan fingerprint density at radius 3 is 2.61 bits per heavy atom. The van der Waals surface area contributed by atoms with Crippen molar-refractivity contribution in [2.45, 2.75) is 19.3 Å². The van der Waals surface area contributed by atoms with Crippen LogP contribution in [-0.4, -0.2) is 9.97 Å². The summed E-state index contributed by atoms with van der Waals surface area (Å²) in [5.41, 5.74) is 4.64. The Balaban J connectivity index is 1.97. The van der Waals surface area contributed by atoms with Crippen LogP contribution in [0.1, 0.15) is 18.7 Å². The van der Waals surface area contributed by atoms with Gasteiger partial charge in [0.25, 0.3) is 0 Å². The first-order valence-corrected chi connectivity index (χ1v) is 6.25. The molecule has 0 bridgehead atoms. The summed E-state index contributed by atoms with van der Waals surface area (Å²) in [5, 5.41) is 0. The molecule has 1 fully saturated rings. The third-order valence-electron chi connectivity index (χ3n) is 3.16. The van der Waals surface area contributed by atoms with Crippen molar-refractivity contribution >= 4 is 5.82 Å². The van der Waals surface area contributed by atoms with Crippen LogP contribution in [0.15, 0.2) is 36.4 Å². The number of nitrogens with zero attached hydrogens (tertiary/aromatic N) is 2. The standard InChI is InChI=1S/C14H16N4/c15-18-14-9-12(11-4-2-1-3-5-11)16-13(17-14)8-10-6-7-10/h1-5,9-10H,6-8,15H2,(H,16,17,18). The third kappa shape index (κ3) is 2.49. The lowest BCUT2D eigenvalue weighted by Crippen LogP contribution is -2.11. The van der Waals surface area contributed by atoms with Gasteiger partial charge < -0.3 is 5.43 Å². The minimum Gasteiger partial charge on any atom is -0.308 e. The van der Waals surface area contributed by atoms with E-state index in [0.717, 1.165) is 29.4 Å². The quantitative estimate of drug-likeness (QED) is 0.636. The zero-order valence-electron chi connectivity index (χ0n) is 10.1. The highest BCUT2D eigenvalue weighted by molar-refractivity contribution is 5.62. The summed E-state index contributed by atoms with van der Waals surface area (Å²) in [6.07, 6.45) is 3.55. The molecule has 0 spiro atoms. The first kappa shape index (κ1) is 11.2. The highest BCUT2D eigenvalue weighted by Gasteiger charge is 2.23. The molecule has 0 aliphatic heterocycles. The first-order valence-electron chi connectivity index (χ1n) is 6.25. The van der Waals surface area contributed by atoms with Gasteiger partial charge in [-0.05, 0) is 18.8 Å². The van der Waals surface area contributed by atoms with Crippen LogP contribution >= 0.6 is 0 Å². The zero-order valence-corrected chi connectivity index (χ0v) is 10.1. The van der Waals surface area contributed by atoms with Gasteiger partial charge in [-0.15, -0.1) is 0 Å². The van der Waals surface area contributed by atoms with E-state index < -0.39 is 0 Å². The van der Waals surface area contributed by atoms with Crippen molar-refractivity contribution in [1.29, 1.82) is 0 Å². The molecule has 3 rings (SSSR count). The molecule has 0 unspecified atom stereocenters. The fraction of sp³-hybridized carbons (Fsp3) is 0.286. The molecular formula is C14H16N4. The maximum Gasteiger partial charge on any atom is 0.144 e. The summed E-state index contributed by atoms with van der Waals surface area (Å²) in [5.74, 6) is 7.80. The van der Waals surface area contributed by atoms with Crippen molar-refractivity contribution in [2.75, 3.05) is 5.43 Å². The van der Waals surface area contributed by atoms with Crippen molar-refractivity contribution in [3.63, 3.8) is 0 Å². The van der Waals surface area contributed by atoms with Crippen molar-refractivity contribution < 1.29 is 0 Å². The van der Waals surface area contributed by atoms with Crippen LogP contribution in [0.3, 0.4) is 0 Å². The van der Waals surface area contributed by atoms with Gasteiger partial charge in [0, 0.05) is 18.1 Å². The molecule has 2 aromatic rings. The molecule has 0 radical (unpaired) electrons. The molecule has 1 aliphatic carbocycles. The summed E-state index contributed by atoms with van der Waals surface area (Å²) < 4.78 is 0. The SMILES string of the molecule is NNc1cc(-c2ccccc2)nc(CC2CC2)n1. The van der Waals surface area contributed by atoms with Crippen molar-refractivity contribution in [3.05, 3.63) is 42.2 Å². The second kappa shape index (κ2) is 4.74. The van der Waals surface area contributed by atoms with E-state index in [1.807, 2.05) is 36.4 Å². The van der Waals surface area contributed by atoms with Crippen molar-refractivity contribution in [2.24, 2.45) is 11.8 Å². The van der Waals surface area contributed by atoms with Crippen molar-refractivity contribution in [3.8, 4) is 11.3 Å². The van der Waals surface area contributed by atoms with Crippen LogP contribution in [0.25, 0.3) is 11.3 Å². The molecule has 0 saturated heterocycles. The summed E-state index contributed by atoms with van der Waals surface area (Å²) in [4.78, 5) is 9.04. The van der Waals surface area contributed by atoms with Gasteiger partial charge in [0.05, 0.1) is 5.69 Å². The van der Waals surface area contributed by atoms with E-state index in [2.05, 4.69) is 15.4 Å². The van der Waals surface area contributed by atoms with Gasteiger partial charge in [-0.3, -0.25) is 0 Å². The highest BCUT2D eigenvalue weighted by Crippen LogP contribution is 2.32. The van der Waals surface area contributed by atoms with Crippen LogP contribution in [-0.2, 0) is 6.42 Å². The Kier molecular flexibility index (Phi) is 2.94. The van der Waals surface area contributed by atoms with E-state index in [1.165, 1.54) is 12.8 Å². The summed E-state index contributed by atoms with van der Waals surface area (Å²) in [6.45, 7) is 0. The molecule has 1 saturated carbocycles. The largest absolute Gasteiger partial charge is 0.308 e. The lowest BCUT2D eigenvalue weighted by Gasteiger charge is -2.07. The minimum absolute atomic E-state index is 0.680. The summed E-state index contributed by atoms with van der Waals surface area (Å²) in [6, 6.07) is 12.0. The third-order valence-corrected chi connectivity index (χ3v) is 3.16. The molecule has 92 valence electrons. The van der Waals surface area contributed by atoms with Gasteiger partial charge in [-0.2, -0.15) is 0 Å². The average molecular weight is 240 g/mol. The highest BCUT2D eigenvalue weighted by atomic mass is 15.3. The Hall–Kier alpha value is -1.94. The number of anilines is 1. The number of hydrazine groups is 1. The molecule has 4 nitrogen and oxygen atoms in total. The van der Waals surface area contributed by atoms with Crippen molar-refractivity contribution in [1.82, 2.24) is 9.97 Å². The van der Waals surface area contributed by atoms with E-state index in [-0.39, 0.29) is 0 Å². The number of nitrogen functional groups attached to an aromatic ring is 1. The van der Waals surface area contributed by atoms with E-state index in [4.69, 9.17) is 5.84 Å². The topological polar surface area (TPSA) is 63.8 Å². The lowest BCUT2D eigenvalue weighted by atomic mass is 10.1. The van der Waals surface area contributed by atoms with E-state index in [1.54, 1.807) is 0 Å². The molecule has 0 atom stereocenters. The molecule has 0 amide bonds. The fourth-order valence-corrected chi connectivity index (χ4v) is 2.00. The maximum absolute atomic E-state index is 5.47. The normalized spacial score (nSPS) is 14.5. The molecule has 1 aromatic heterocycles. The molecule has 1 aromatic carbocycles. The zero-order chi connectivity index (χ0) is 12.4. The smallest absolute Gasteiger partial charge is 0.144 e. The van der Waals surface area contributed by atoms with E-state index >= 15 is 0 Å². The second-order valence-corrected chi connectivity index (χ2v) is 4.71. The van der Waals surface area contributed by atoms with E-state index in [9.17, 15) is 0 Å². The number of hydrogen-bond acceptors (Lipinski definition) is 4. The first-order chi connectivity index (χ1) is 8.85. The number of aromatic nitrogens is 2. The van der Waals surface area contributed by atoms with Gasteiger partial charge in [-0.1, -0.05) is 30.3 Å². The number of nitrogens with two attached hydrogens (primary N) is 1. The van der Waals surface area contributed by atoms with Gasteiger partial charge in [-0.25, -0.2) is 15.8 Å². The Morgan fingerprint density at radius 2 is 1.94 bits per heavy atom. The summed E-state index contributed by atoms with van der Waals surface area (Å²) in [7, 11) is 0. The monoisotopic (exact) mass is 240 g/mol. The summed E-state index contributed by atoms with van der Waals surface area (Å²) >= 11 is 0. The predicted octanol–water partition coefficient (Wildman–Crippen LogP) is 2.38. The van der Waals surface area contributed by atoms with Gasteiger partial charge in [0.1, 0.15) is 11.6 Å². The number of hydrogen-bond donors (Lipinski definition) is 2. The van der Waals surface area contributed by atoms with Gasteiger partial charge >= 0.3 is 0 Å². The lowest BCUT2D eigenvalue weighted by molar-refractivity contribution is 0.771. The molecule has 3 N–H and O–H groups in total. The van der Waals surface area contributed by atoms with E-state index in [0.29, 0.717) is 5.82 Å². The Labute approximate surface area is 106 Å². The molecular weight excluding hydrogens is 224 g/mol. The van der Waals surface area contributed by atoms with Crippen LogP contribution in [0.2, 0.25) is 0 Å². The Bertz CT molecular complexity index is 535. The van der Waals surface area contributed by atoms with Crippen LogP contribution in [0, 0.1) is 5.92 Å². The maximum atomic E-state index is 5.47. The molecule has 18 heavy (non-hydrogen) atoms. The van der Waals surface area contributed by atoms with Crippen LogP contribution in [0.4, 0.5) is 5.82 Å². The van der Waals surface area contributed by atoms with Gasteiger partial charge in [0.15, 0.2) is 0 Å². The number of rotatable bonds is 4. The Morgan fingerprint density at radius 1 is 1.17 bits per heavy atom. The molecule has 4 heteroatoms. The van der Waals surface area contributed by atoms with Gasteiger partial charge in [0.2, 0.25) is 0 Å². The molecule has 1 aliphatic rings. The second-order valence-electron chi connectivity index (χ2n) is 4.71. The van der Waals surface area contributed by atoms with Crippen LogP contribution in [0.5, 0.6) is 0 Å². The number of benzene rings is 1. The molecule has 1 heterocycles.